The Balaban J connectivity index is 1.88. The van der Waals surface area contributed by atoms with Crippen LogP contribution >= 0.6 is 11.8 Å². The summed E-state index contributed by atoms with van der Waals surface area (Å²) in [6.07, 6.45) is 2.51. The van der Waals surface area contributed by atoms with E-state index in [1.54, 1.807) is 6.26 Å². The highest BCUT2D eigenvalue weighted by Crippen LogP contribution is 2.28. The van der Waals surface area contributed by atoms with E-state index in [9.17, 15) is 4.79 Å². The lowest BCUT2D eigenvalue weighted by Crippen LogP contribution is -2.33. The first-order valence-corrected chi connectivity index (χ1v) is 9.55. The lowest BCUT2D eigenvalue weighted by atomic mass is 10.2. The SMILES string of the molecule is CC[C@H](C)NC(=O)CSc1nnc(-c2ccco2)n1-c1ccc(C)cc1. The monoisotopic (exact) mass is 370 g/mol. The Morgan fingerprint density at radius 2 is 2.04 bits per heavy atom. The summed E-state index contributed by atoms with van der Waals surface area (Å²) in [7, 11) is 0. The Morgan fingerprint density at radius 1 is 1.27 bits per heavy atom. The van der Waals surface area contributed by atoms with E-state index < -0.39 is 0 Å². The van der Waals surface area contributed by atoms with Crippen molar-refractivity contribution < 1.29 is 9.21 Å². The molecule has 0 fully saturated rings. The van der Waals surface area contributed by atoms with Gasteiger partial charge in [-0.15, -0.1) is 10.2 Å². The molecule has 1 N–H and O–H groups in total. The molecule has 0 aliphatic carbocycles. The molecule has 2 heterocycles. The van der Waals surface area contributed by atoms with Gasteiger partial charge in [0, 0.05) is 11.7 Å². The van der Waals surface area contributed by atoms with Gasteiger partial charge in [-0.25, -0.2) is 0 Å². The molecule has 26 heavy (non-hydrogen) atoms. The third-order valence-electron chi connectivity index (χ3n) is 4.02. The fourth-order valence-electron chi connectivity index (χ4n) is 2.40. The third kappa shape index (κ3) is 4.16. The van der Waals surface area contributed by atoms with Crippen LogP contribution in [0, 0.1) is 6.92 Å². The normalized spacial score (nSPS) is 12.1. The largest absolute Gasteiger partial charge is 0.461 e. The molecule has 3 rings (SSSR count). The number of benzene rings is 1. The number of aromatic nitrogens is 3. The molecular weight excluding hydrogens is 348 g/mol. The molecule has 7 heteroatoms. The third-order valence-corrected chi connectivity index (χ3v) is 4.95. The number of aryl methyl sites for hydroxylation is 1. The summed E-state index contributed by atoms with van der Waals surface area (Å²) in [4.78, 5) is 12.1. The highest BCUT2D eigenvalue weighted by Gasteiger charge is 2.19. The van der Waals surface area contributed by atoms with Gasteiger partial charge in [-0.2, -0.15) is 0 Å². The first-order chi connectivity index (χ1) is 12.6. The second-order valence-electron chi connectivity index (χ2n) is 6.12. The Labute approximate surface area is 157 Å². The Bertz CT molecular complexity index is 856. The zero-order valence-electron chi connectivity index (χ0n) is 15.1. The highest BCUT2D eigenvalue weighted by atomic mass is 32.2. The molecule has 0 aliphatic heterocycles. The number of rotatable bonds is 7. The maximum Gasteiger partial charge on any atom is 0.230 e. The summed E-state index contributed by atoms with van der Waals surface area (Å²) < 4.78 is 7.42. The Hall–Kier alpha value is -2.54. The van der Waals surface area contributed by atoms with E-state index in [2.05, 4.69) is 15.5 Å². The van der Waals surface area contributed by atoms with Crippen molar-refractivity contribution in [2.24, 2.45) is 0 Å². The van der Waals surface area contributed by atoms with Gasteiger partial charge >= 0.3 is 0 Å². The minimum atomic E-state index is -0.0117. The van der Waals surface area contributed by atoms with Crippen LogP contribution in [-0.4, -0.2) is 32.5 Å². The number of carbonyl (C=O) groups is 1. The average Bonchev–Trinajstić information content (AvgIpc) is 3.30. The molecule has 1 amide bonds. The number of hydrogen-bond acceptors (Lipinski definition) is 5. The van der Waals surface area contributed by atoms with Crippen LogP contribution in [-0.2, 0) is 4.79 Å². The Morgan fingerprint density at radius 3 is 2.69 bits per heavy atom. The van der Waals surface area contributed by atoms with E-state index in [1.165, 1.54) is 17.3 Å². The van der Waals surface area contributed by atoms with E-state index in [0.717, 1.165) is 12.1 Å². The van der Waals surface area contributed by atoms with Crippen LogP contribution < -0.4 is 5.32 Å². The maximum absolute atomic E-state index is 12.1. The number of amides is 1. The predicted molar refractivity (Wildman–Crippen MR) is 102 cm³/mol. The van der Waals surface area contributed by atoms with Crippen LogP contribution in [0.25, 0.3) is 17.3 Å². The van der Waals surface area contributed by atoms with E-state index in [-0.39, 0.29) is 17.7 Å². The average molecular weight is 370 g/mol. The van der Waals surface area contributed by atoms with E-state index in [1.807, 2.05) is 61.7 Å². The van der Waals surface area contributed by atoms with E-state index in [4.69, 9.17) is 4.42 Å². The molecule has 0 bridgehead atoms. The Kier molecular flexibility index (Phi) is 5.78. The minimum absolute atomic E-state index is 0.0117. The number of carbonyl (C=O) groups excluding carboxylic acids is 1. The summed E-state index contributed by atoms with van der Waals surface area (Å²) in [5, 5.41) is 12.2. The molecule has 1 aromatic carbocycles. The number of hydrogen-bond donors (Lipinski definition) is 1. The molecule has 6 nitrogen and oxygen atoms in total. The van der Waals surface area contributed by atoms with Gasteiger partial charge in [-0.1, -0.05) is 36.4 Å². The van der Waals surface area contributed by atoms with Crippen LogP contribution in [0.3, 0.4) is 0 Å². The quantitative estimate of drug-likeness (QED) is 0.640. The van der Waals surface area contributed by atoms with Gasteiger partial charge in [0.15, 0.2) is 10.9 Å². The molecule has 0 saturated heterocycles. The van der Waals surface area contributed by atoms with Crippen molar-refractivity contribution in [2.75, 3.05) is 5.75 Å². The summed E-state index contributed by atoms with van der Waals surface area (Å²) >= 11 is 1.36. The molecule has 0 aliphatic rings. The molecule has 2 aromatic heterocycles. The number of thioether (sulfide) groups is 1. The minimum Gasteiger partial charge on any atom is -0.461 e. The second kappa shape index (κ2) is 8.23. The molecule has 3 aromatic rings. The first-order valence-electron chi connectivity index (χ1n) is 8.57. The lowest BCUT2D eigenvalue weighted by molar-refractivity contribution is -0.119. The topological polar surface area (TPSA) is 73.0 Å². The molecule has 0 saturated carbocycles. The number of nitrogens with zero attached hydrogens (tertiary/aromatic N) is 3. The number of nitrogens with one attached hydrogen (secondary N) is 1. The molecule has 0 radical (unpaired) electrons. The van der Waals surface area contributed by atoms with Crippen molar-refractivity contribution in [3.8, 4) is 17.3 Å². The second-order valence-corrected chi connectivity index (χ2v) is 7.06. The highest BCUT2D eigenvalue weighted by molar-refractivity contribution is 7.99. The molecule has 136 valence electrons. The summed E-state index contributed by atoms with van der Waals surface area (Å²) in [5.74, 6) is 1.52. The van der Waals surface area contributed by atoms with Gasteiger partial charge in [0.05, 0.1) is 12.0 Å². The van der Waals surface area contributed by atoms with Crippen LogP contribution in [0.5, 0.6) is 0 Å². The van der Waals surface area contributed by atoms with Gasteiger partial charge in [-0.05, 0) is 44.5 Å². The zero-order chi connectivity index (χ0) is 18.5. The maximum atomic E-state index is 12.1. The summed E-state index contributed by atoms with van der Waals surface area (Å²) in [5.41, 5.74) is 2.10. The van der Waals surface area contributed by atoms with Crippen molar-refractivity contribution in [1.82, 2.24) is 20.1 Å². The first kappa shape index (κ1) is 18.3. The van der Waals surface area contributed by atoms with Crippen molar-refractivity contribution >= 4 is 17.7 Å². The zero-order valence-corrected chi connectivity index (χ0v) is 15.9. The van der Waals surface area contributed by atoms with Gasteiger partial charge < -0.3 is 9.73 Å². The smallest absolute Gasteiger partial charge is 0.230 e. The van der Waals surface area contributed by atoms with Gasteiger partial charge in [0.25, 0.3) is 0 Å². The van der Waals surface area contributed by atoms with Crippen LogP contribution in [0.1, 0.15) is 25.8 Å². The molecule has 1 atom stereocenters. The van der Waals surface area contributed by atoms with Crippen LogP contribution in [0.4, 0.5) is 0 Å². The van der Waals surface area contributed by atoms with Crippen molar-refractivity contribution in [3.05, 3.63) is 48.2 Å². The fraction of sp³-hybridized carbons (Fsp3) is 0.316. The van der Waals surface area contributed by atoms with Crippen LogP contribution in [0.15, 0.2) is 52.2 Å². The number of furan rings is 1. The lowest BCUT2D eigenvalue weighted by Gasteiger charge is -2.12. The van der Waals surface area contributed by atoms with Gasteiger partial charge in [0.1, 0.15) is 0 Å². The molecular formula is C19H22N4O2S. The van der Waals surface area contributed by atoms with E-state index >= 15 is 0 Å². The predicted octanol–water partition coefficient (Wildman–Crippen LogP) is 3.84. The van der Waals surface area contributed by atoms with Crippen LogP contribution in [0.2, 0.25) is 0 Å². The standard InChI is InChI=1S/C19H22N4O2S/c1-4-14(3)20-17(24)12-26-19-22-21-18(16-6-5-11-25-16)23(19)15-9-7-13(2)8-10-15/h5-11,14H,4,12H2,1-3H3,(H,20,24)/t14-/m0/s1. The fourth-order valence-corrected chi connectivity index (χ4v) is 3.17. The van der Waals surface area contributed by atoms with Gasteiger partial charge in [-0.3, -0.25) is 9.36 Å². The van der Waals surface area contributed by atoms with E-state index in [0.29, 0.717) is 16.7 Å². The summed E-state index contributed by atoms with van der Waals surface area (Å²) in [6.45, 7) is 6.08. The van der Waals surface area contributed by atoms with Gasteiger partial charge in [0.2, 0.25) is 11.7 Å². The van der Waals surface area contributed by atoms with Crippen molar-refractivity contribution in [2.45, 2.75) is 38.4 Å². The summed E-state index contributed by atoms with van der Waals surface area (Å²) in [6, 6.07) is 11.9. The van der Waals surface area contributed by atoms with Crippen molar-refractivity contribution in [3.63, 3.8) is 0 Å². The molecule has 0 unspecified atom stereocenters. The molecule has 0 spiro atoms. The van der Waals surface area contributed by atoms with Crippen molar-refractivity contribution in [1.29, 1.82) is 0 Å².